The number of hydrogen-bond acceptors (Lipinski definition) is 4. The fourth-order valence-corrected chi connectivity index (χ4v) is 1.55. The molecule has 0 saturated heterocycles. The fourth-order valence-electron chi connectivity index (χ4n) is 1.55. The van der Waals surface area contributed by atoms with Crippen LogP contribution in [0.25, 0.3) is 0 Å². The number of pyridine rings is 1. The molecule has 1 aromatic heterocycles. The molecule has 0 spiro atoms. The SMILES string of the molecule is COc1ccc(Oc2ccc(C(F)(F)F)nc2)c(C#N)c1. The lowest BCUT2D eigenvalue weighted by molar-refractivity contribution is -0.141. The van der Waals surface area contributed by atoms with Crippen LogP contribution in [-0.2, 0) is 6.18 Å². The molecule has 0 bridgehead atoms. The third kappa shape index (κ3) is 3.42. The molecule has 0 aliphatic carbocycles. The smallest absolute Gasteiger partial charge is 0.433 e. The minimum atomic E-state index is -4.50. The Bertz CT molecular complexity index is 676. The Kier molecular flexibility index (Phi) is 3.98. The van der Waals surface area contributed by atoms with Crippen LogP contribution in [0.3, 0.4) is 0 Å². The van der Waals surface area contributed by atoms with E-state index in [2.05, 4.69) is 4.98 Å². The zero-order chi connectivity index (χ0) is 15.5. The summed E-state index contributed by atoms with van der Waals surface area (Å²) in [6.45, 7) is 0. The van der Waals surface area contributed by atoms with E-state index >= 15 is 0 Å². The number of hydrogen-bond donors (Lipinski definition) is 0. The van der Waals surface area contributed by atoms with Gasteiger partial charge < -0.3 is 9.47 Å². The van der Waals surface area contributed by atoms with Crippen molar-refractivity contribution in [2.75, 3.05) is 7.11 Å². The number of benzene rings is 1. The van der Waals surface area contributed by atoms with Gasteiger partial charge in [-0.1, -0.05) is 0 Å². The number of halogens is 3. The summed E-state index contributed by atoms with van der Waals surface area (Å²) in [5.41, 5.74) is -0.806. The molecule has 0 fully saturated rings. The molecule has 0 amide bonds. The minimum Gasteiger partial charge on any atom is -0.497 e. The quantitative estimate of drug-likeness (QED) is 0.864. The van der Waals surface area contributed by atoms with Crippen LogP contribution >= 0.6 is 0 Å². The van der Waals surface area contributed by atoms with Gasteiger partial charge in [-0.2, -0.15) is 18.4 Å². The third-order valence-corrected chi connectivity index (χ3v) is 2.56. The number of methoxy groups -OCH3 is 1. The predicted octanol–water partition coefficient (Wildman–Crippen LogP) is 3.77. The topological polar surface area (TPSA) is 55.1 Å². The zero-order valence-corrected chi connectivity index (χ0v) is 10.8. The number of nitrogens with zero attached hydrogens (tertiary/aromatic N) is 2. The van der Waals surface area contributed by atoms with Gasteiger partial charge in [-0.05, 0) is 24.3 Å². The molecular weight excluding hydrogens is 285 g/mol. The molecule has 2 rings (SSSR count). The monoisotopic (exact) mass is 294 g/mol. The molecule has 4 nitrogen and oxygen atoms in total. The highest BCUT2D eigenvalue weighted by Gasteiger charge is 2.32. The summed E-state index contributed by atoms with van der Waals surface area (Å²) in [4.78, 5) is 3.28. The average Bonchev–Trinajstić information content (AvgIpc) is 2.47. The summed E-state index contributed by atoms with van der Waals surface area (Å²) in [7, 11) is 1.46. The van der Waals surface area contributed by atoms with E-state index in [4.69, 9.17) is 14.7 Å². The number of aromatic nitrogens is 1. The highest BCUT2D eigenvalue weighted by atomic mass is 19.4. The van der Waals surface area contributed by atoms with E-state index in [-0.39, 0.29) is 17.1 Å². The van der Waals surface area contributed by atoms with Crippen LogP contribution in [0.5, 0.6) is 17.2 Å². The lowest BCUT2D eigenvalue weighted by Crippen LogP contribution is -2.07. The second kappa shape index (κ2) is 5.71. The van der Waals surface area contributed by atoms with Gasteiger partial charge in [0.2, 0.25) is 0 Å². The van der Waals surface area contributed by atoms with Crippen LogP contribution in [0.1, 0.15) is 11.3 Å². The Morgan fingerprint density at radius 2 is 1.86 bits per heavy atom. The van der Waals surface area contributed by atoms with Gasteiger partial charge in [0, 0.05) is 6.07 Å². The van der Waals surface area contributed by atoms with Crippen molar-refractivity contribution in [3.63, 3.8) is 0 Å². The van der Waals surface area contributed by atoms with E-state index in [1.54, 1.807) is 6.07 Å². The Labute approximate surface area is 118 Å². The molecule has 0 unspecified atom stereocenters. The Morgan fingerprint density at radius 3 is 2.38 bits per heavy atom. The molecule has 108 valence electrons. The summed E-state index contributed by atoms with van der Waals surface area (Å²) in [5.74, 6) is 0.786. The molecule has 1 aromatic carbocycles. The van der Waals surface area contributed by atoms with Crippen LogP contribution < -0.4 is 9.47 Å². The lowest BCUT2D eigenvalue weighted by Gasteiger charge is -2.10. The average molecular weight is 294 g/mol. The molecule has 0 radical (unpaired) electrons. The predicted molar refractivity (Wildman–Crippen MR) is 67.0 cm³/mol. The van der Waals surface area contributed by atoms with Crippen molar-refractivity contribution in [2.45, 2.75) is 6.18 Å². The first-order valence-corrected chi connectivity index (χ1v) is 5.73. The van der Waals surface area contributed by atoms with Crippen molar-refractivity contribution in [3.8, 4) is 23.3 Å². The molecule has 0 atom stereocenters. The normalized spacial score (nSPS) is 10.8. The molecule has 0 saturated carbocycles. The first-order chi connectivity index (χ1) is 9.94. The second-order valence-electron chi connectivity index (χ2n) is 3.95. The van der Waals surface area contributed by atoms with Gasteiger partial charge in [-0.3, -0.25) is 0 Å². The largest absolute Gasteiger partial charge is 0.497 e. The van der Waals surface area contributed by atoms with Gasteiger partial charge in [0.25, 0.3) is 0 Å². The highest BCUT2D eigenvalue weighted by molar-refractivity contribution is 5.49. The summed E-state index contributed by atoms with van der Waals surface area (Å²) in [5, 5.41) is 9.02. The van der Waals surface area contributed by atoms with E-state index in [1.807, 2.05) is 6.07 Å². The Balaban J connectivity index is 2.25. The van der Waals surface area contributed by atoms with E-state index < -0.39 is 11.9 Å². The first kappa shape index (κ1) is 14.7. The molecule has 21 heavy (non-hydrogen) atoms. The van der Waals surface area contributed by atoms with Crippen LogP contribution in [0, 0.1) is 11.3 Å². The van der Waals surface area contributed by atoms with Crippen molar-refractivity contribution in [3.05, 3.63) is 47.8 Å². The lowest BCUT2D eigenvalue weighted by atomic mass is 10.2. The first-order valence-electron chi connectivity index (χ1n) is 5.73. The van der Waals surface area contributed by atoms with Crippen LogP contribution in [-0.4, -0.2) is 12.1 Å². The third-order valence-electron chi connectivity index (χ3n) is 2.56. The maximum absolute atomic E-state index is 12.4. The highest BCUT2D eigenvalue weighted by Crippen LogP contribution is 2.31. The van der Waals surface area contributed by atoms with Crippen LogP contribution in [0.2, 0.25) is 0 Å². The van der Waals surface area contributed by atoms with E-state index in [0.29, 0.717) is 5.75 Å². The summed E-state index contributed by atoms with van der Waals surface area (Å²) >= 11 is 0. The van der Waals surface area contributed by atoms with E-state index in [9.17, 15) is 13.2 Å². The van der Waals surface area contributed by atoms with Gasteiger partial charge >= 0.3 is 6.18 Å². The molecule has 7 heteroatoms. The molecule has 1 heterocycles. The number of alkyl halides is 3. The van der Waals surface area contributed by atoms with Gasteiger partial charge in [0.1, 0.15) is 29.0 Å². The van der Waals surface area contributed by atoms with Crippen molar-refractivity contribution < 1.29 is 22.6 Å². The van der Waals surface area contributed by atoms with E-state index in [0.717, 1.165) is 18.3 Å². The Morgan fingerprint density at radius 1 is 1.14 bits per heavy atom. The van der Waals surface area contributed by atoms with E-state index in [1.165, 1.54) is 19.2 Å². The number of ether oxygens (including phenoxy) is 2. The van der Waals surface area contributed by atoms with Crippen molar-refractivity contribution >= 4 is 0 Å². The van der Waals surface area contributed by atoms with Gasteiger partial charge in [-0.15, -0.1) is 0 Å². The van der Waals surface area contributed by atoms with Crippen molar-refractivity contribution in [2.24, 2.45) is 0 Å². The maximum atomic E-state index is 12.4. The van der Waals surface area contributed by atoms with Gasteiger partial charge in [0.05, 0.1) is 18.9 Å². The molecular formula is C14H9F3N2O2. The molecule has 0 N–H and O–H groups in total. The minimum absolute atomic E-state index is 0.102. The number of rotatable bonds is 3. The maximum Gasteiger partial charge on any atom is 0.433 e. The second-order valence-corrected chi connectivity index (χ2v) is 3.95. The summed E-state index contributed by atoms with van der Waals surface area (Å²) in [6.07, 6.45) is -3.55. The summed E-state index contributed by atoms with van der Waals surface area (Å²) in [6, 6.07) is 8.41. The van der Waals surface area contributed by atoms with Crippen LogP contribution in [0.4, 0.5) is 13.2 Å². The summed E-state index contributed by atoms with van der Waals surface area (Å²) < 4.78 is 47.5. The zero-order valence-electron chi connectivity index (χ0n) is 10.8. The van der Waals surface area contributed by atoms with Crippen molar-refractivity contribution in [1.82, 2.24) is 4.98 Å². The number of nitriles is 1. The van der Waals surface area contributed by atoms with Crippen LogP contribution in [0.15, 0.2) is 36.5 Å². The van der Waals surface area contributed by atoms with Gasteiger partial charge in [0.15, 0.2) is 0 Å². The molecule has 0 aliphatic rings. The van der Waals surface area contributed by atoms with Gasteiger partial charge in [-0.25, -0.2) is 4.98 Å². The van der Waals surface area contributed by atoms with Crippen molar-refractivity contribution in [1.29, 1.82) is 5.26 Å². The fraction of sp³-hybridized carbons (Fsp3) is 0.143. The Hall–Kier alpha value is -2.75. The molecule has 0 aliphatic heterocycles. The standard InChI is InChI=1S/C14H9F3N2O2/c1-20-10-2-4-12(9(6-10)7-18)21-11-3-5-13(19-8-11)14(15,16)17/h2-6,8H,1H3. The molecule has 2 aromatic rings.